The van der Waals surface area contributed by atoms with E-state index in [1.165, 1.54) is 11.1 Å². The number of halogens is 2. The van der Waals surface area contributed by atoms with Gasteiger partial charge in [0.15, 0.2) is 5.15 Å². The van der Waals surface area contributed by atoms with Crippen LogP contribution in [-0.4, -0.2) is 39.2 Å². The van der Waals surface area contributed by atoms with Crippen LogP contribution in [0.2, 0.25) is 10.3 Å². The number of rotatable bonds is 6. The second-order valence-corrected chi connectivity index (χ2v) is 7.14. The number of unbranched alkanes of at least 4 members (excludes halogenated alkanes) is 1. The van der Waals surface area contributed by atoms with Gasteiger partial charge in [-0.3, -0.25) is 4.90 Å². The van der Waals surface area contributed by atoms with Crippen LogP contribution in [0.5, 0.6) is 5.75 Å². The molecule has 2 aromatic rings. The van der Waals surface area contributed by atoms with E-state index in [0.29, 0.717) is 16.1 Å². The predicted molar refractivity (Wildman–Crippen MR) is 103 cm³/mol. The largest absolute Gasteiger partial charge is 0.508 e. The Labute approximate surface area is 158 Å². The highest BCUT2D eigenvalue weighted by Crippen LogP contribution is 2.25. The van der Waals surface area contributed by atoms with Crippen LogP contribution in [0, 0.1) is 6.92 Å². The Kier molecular flexibility index (Phi) is 6.05. The molecule has 0 saturated carbocycles. The maximum absolute atomic E-state index is 9.39. The van der Waals surface area contributed by atoms with E-state index < -0.39 is 0 Å². The van der Waals surface area contributed by atoms with Crippen molar-refractivity contribution in [3.63, 3.8) is 0 Å². The molecule has 1 aliphatic rings. The van der Waals surface area contributed by atoms with Crippen molar-refractivity contribution in [3.8, 4) is 5.75 Å². The summed E-state index contributed by atoms with van der Waals surface area (Å²) < 4.78 is 1.98. The SMILES string of the molecule is Cc1nc(Cl)c(Cl)n1CCCCN1CC=C(c2ccc(O)cc2)CC1. The van der Waals surface area contributed by atoms with Gasteiger partial charge in [-0.1, -0.05) is 41.4 Å². The van der Waals surface area contributed by atoms with Crippen LogP contribution >= 0.6 is 23.2 Å². The highest BCUT2D eigenvalue weighted by atomic mass is 35.5. The predicted octanol–water partition coefficient (Wildman–Crippen LogP) is 4.77. The molecule has 2 heterocycles. The molecule has 0 bridgehead atoms. The molecule has 0 atom stereocenters. The smallest absolute Gasteiger partial charge is 0.166 e. The zero-order chi connectivity index (χ0) is 17.8. The highest BCUT2D eigenvalue weighted by Gasteiger charge is 2.13. The lowest BCUT2D eigenvalue weighted by atomic mass is 9.99. The Balaban J connectivity index is 1.44. The second-order valence-electron chi connectivity index (χ2n) is 6.43. The maximum Gasteiger partial charge on any atom is 0.166 e. The molecule has 1 aromatic carbocycles. The first-order valence-corrected chi connectivity index (χ1v) is 9.39. The van der Waals surface area contributed by atoms with Gasteiger partial charge in [-0.05, 0) is 56.0 Å². The number of phenols is 1. The Morgan fingerprint density at radius 1 is 1.12 bits per heavy atom. The molecular formula is C19H23Cl2N3O. The first-order valence-electron chi connectivity index (χ1n) is 8.63. The number of benzene rings is 1. The minimum atomic E-state index is 0.316. The van der Waals surface area contributed by atoms with Crippen LogP contribution in [0.3, 0.4) is 0 Å². The Morgan fingerprint density at radius 3 is 2.44 bits per heavy atom. The van der Waals surface area contributed by atoms with Crippen molar-refractivity contribution in [1.82, 2.24) is 14.5 Å². The van der Waals surface area contributed by atoms with Crippen molar-refractivity contribution in [1.29, 1.82) is 0 Å². The Hall–Kier alpha value is -1.49. The van der Waals surface area contributed by atoms with Gasteiger partial charge >= 0.3 is 0 Å². The van der Waals surface area contributed by atoms with E-state index in [-0.39, 0.29) is 0 Å². The van der Waals surface area contributed by atoms with E-state index in [1.54, 1.807) is 12.1 Å². The molecule has 0 fully saturated rings. The minimum Gasteiger partial charge on any atom is -0.508 e. The van der Waals surface area contributed by atoms with Gasteiger partial charge in [-0.15, -0.1) is 0 Å². The molecule has 0 amide bonds. The third-order valence-electron chi connectivity index (χ3n) is 4.70. The van der Waals surface area contributed by atoms with E-state index in [9.17, 15) is 5.11 Å². The molecule has 1 aliphatic heterocycles. The molecule has 0 saturated heterocycles. The molecule has 25 heavy (non-hydrogen) atoms. The third kappa shape index (κ3) is 4.57. The van der Waals surface area contributed by atoms with Crippen molar-refractivity contribution in [2.75, 3.05) is 19.6 Å². The van der Waals surface area contributed by atoms with Crippen LogP contribution in [-0.2, 0) is 6.54 Å². The summed E-state index contributed by atoms with van der Waals surface area (Å²) in [5.74, 6) is 1.19. The topological polar surface area (TPSA) is 41.3 Å². The number of phenolic OH excluding ortho intramolecular Hbond substituents is 1. The van der Waals surface area contributed by atoms with Crippen molar-refractivity contribution < 1.29 is 5.11 Å². The third-order valence-corrected chi connectivity index (χ3v) is 5.44. The van der Waals surface area contributed by atoms with Gasteiger partial charge < -0.3 is 9.67 Å². The summed E-state index contributed by atoms with van der Waals surface area (Å²) >= 11 is 12.1. The van der Waals surface area contributed by atoms with E-state index in [1.807, 2.05) is 23.6 Å². The molecule has 0 aliphatic carbocycles. The summed E-state index contributed by atoms with van der Waals surface area (Å²) in [4.78, 5) is 6.66. The van der Waals surface area contributed by atoms with Gasteiger partial charge in [-0.25, -0.2) is 4.98 Å². The molecule has 134 valence electrons. The molecule has 0 radical (unpaired) electrons. The number of hydrogen-bond donors (Lipinski definition) is 1. The second kappa shape index (κ2) is 8.26. The van der Waals surface area contributed by atoms with Crippen LogP contribution in [0.15, 0.2) is 30.3 Å². The van der Waals surface area contributed by atoms with Gasteiger partial charge in [0.1, 0.15) is 16.7 Å². The summed E-state index contributed by atoms with van der Waals surface area (Å²) in [5.41, 5.74) is 2.58. The van der Waals surface area contributed by atoms with E-state index in [4.69, 9.17) is 23.2 Å². The summed E-state index contributed by atoms with van der Waals surface area (Å²) in [6.45, 7) is 5.92. The molecule has 0 spiro atoms. The maximum atomic E-state index is 9.39. The van der Waals surface area contributed by atoms with E-state index in [0.717, 1.165) is 51.3 Å². The quantitative estimate of drug-likeness (QED) is 0.734. The number of aromatic nitrogens is 2. The molecule has 4 nitrogen and oxygen atoms in total. The lowest BCUT2D eigenvalue weighted by Crippen LogP contribution is -2.29. The van der Waals surface area contributed by atoms with Gasteiger partial charge in [0.05, 0.1) is 0 Å². The lowest BCUT2D eigenvalue weighted by molar-refractivity contribution is 0.292. The standard InChI is InChI=1S/C19H23Cl2N3O/c1-14-22-18(20)19(21)24(14)11-3-2-10-23-12-8-16(9-13-23)15-4-6-17(25)7-5-15/h4-8,25H,2-3,9-13H2,1H3. The molecule has 1 aromatic heterocycles. The summed E-state index contributed by atoms with van der Waals surface area (Å²) in [6, 6.07) is 7.47. The number of hydrogen-bond acceptors (Lipinski definition) is 3. The first kappa shape index (κ1) is 18.3. The number of imidazole rings is 1. The molecular weight excluding hydrogens is 357 g/mol. The number of aromatic hydroxyl groups is 1. The zero-order valence-electron chi connectivity index (χ0n) is 14.4. The van der Waals surface area contributed by atoms with Gasteiger partial charge in [0.2, 0.25) is 0 Å². The average Bonchev–Trinajstić information content (AvgIpc) is 2.86. The Morgan fingerprint density at radius 2 is 1.84 bits per heavy atom. The summed E-state index contributed by atoms with van der Waals surface area (Å²) in [6.07, 6.45) is 5.52. The van der Waals surface area contributed by atoms with Crippen molar-refractivity contribution in [3.05, 3.63) is 52.0 Å². The van der Waals surface area contributed by atoms with Crippen LogP contribution < -0.4 is 0 Å². The van der Waals surface area contributed by atoms with Crippen molar-refractivity contribution in [2.24, 2.45) is 0 Å². The zero-order valence-corrected chi connectivity index (χ0v) is 15.9. The fourth-order valence-corrected chi connectivity index (χ4v) is 3.69. The monoisotopic (exact) mass is 379 g/mol. The first-order chi connectivity index (χ1) is 12.0. The summed E-state index contributed by atoms with van der Waals surface area (Å²) in [7, 11) is 0. The average molecular weight is 380 g/mol. The lowest BCUT2D eigenvalue weighted by Gasteiger charge is -2.26. The minimum absolute atomic E-state index is 0.316. The fraction of sp³-hybridized carbons (Fsp3) is 0.421. The molecule has 0 unspecified atom stereocenters. The molecule has 3 rings (SSSR count). The highest BCUT2D eigenvalue weighted by molar-refractivity contribution is 6.40. The van der Waals surface area contributed by atoms with Crippen molar-refractivity contribution >= 4 is 28.8 Å². The number of aryl methyl sites for hydroxylation is 1. The summed E-state index contributed by atoms with van der Waals surface area (Å²) in [5, 5.41) is 10.3. The van der Waals surface area contributed by atoms with Gasteiger partial charge in [0, 0.05) is 19.6 Å². The van der Waals surface area contributed by atoms with Crippen LogP contribution in [0.4, 0.5) is 0 Å². The van der Waals surface area contributed by atoms with Gasteiger partial charge in [0.25, 0.3) is 0 Å². The normalized spacial score (nSPS) is 15.4. The van der Waals surface area contributed by atoms with Crippen molar-refractivity contribution in [2.45, 2.75) is 32.7 Å². The molecule has 1 N–H and O–H groups in total. The van der Waals surface area contributed by atoms with Gasteiger partial charge in [-0.2, -0.15) is 0 Å². The fourth-order valence-electron chi connectivity index (χ4n) is 3.22. The van der Waals surface area contributed by atoms with Crippen LogP contribution in [0.25, 0.3) is 5.57 Å². The number of nitrogens with zero attached hydrogens (tertiary/aromatic N) is 3. The van der Waals surface area contributed by atoms with E-state index >= 15 is 0 Å². The Bertz CT molecular complexity index is 753. The van der Waals surface area contributed by atoms with E-state index in [2.05, 4.69) is 16.0 Å². The van der Waals surface area contributed by atoms with Crippen LogP contribution in [0.1, 0.15) is 30.7 Å². The molecule has 6 heteroatoms.